The van der Waals surface area contributed by atoms with Gasteiger partial charge in [-0.05, 0) is 97.7 Å². The molecule has 0 aromatic heterocycles. The minimum absolute atomic E-state index is 0.458. The number of halogens is 1. The molecule has 2 heteroatoms. The first kappa shape index (κ1) is 24.3. The molecule has 4 rings (SSSR count). The summed E-state index contributed by atoms with van der Waals surface area (Å²) in [5.41, 5.74) is 2.83. The molecule has 31 heavy (non-hydrogen) atoms. The lowest BCUT2D eigenvalue weighted by Crippen LogP contribution is -2.51. The van der Waals surface area contributed by atoms with Crippen molar-refractivity contribution in [3.63, 3.8) is 0 Å². The second kappa shape index (κ2) is 9.81. The van der Waals surface area contributed by atoms with Gasteiger partial charge < -0.3 is 4.74 Å². The zero-order chi connectivity index (χ0) is 22.2. The van der Waals surface area contributed by atoms with Gasteiger partial charge >= 0.3 is 0 Å². The zero-order valence-corrected chi connectivity index (χ0v) is 22.7. The van der Waals surface area contributed by atoms with Crippen LogP contribution in [0, 0.1) is 46.3 Å². The molecule has 1 nitrogen and oxygen atoms in total. The highest BCUT2D eigenvalue weighted by molar-refractivity contribution is 9.09. The highest BCUT2D eigenvalue weighted by Gasteiger charge is 2.59. The summed E-state index contributed by atoms with van der Waals surface area (Å²) in [5, 5.41) is 0.960. The topological polar surface area (TPSA) is 9.23 Å². The Bertz CT molecular complexity index is 641. The fraction of sp³-hybridized carbons (Fsp3) is 0.931. The summed E-state index contributed by atoms with van der Waals surface area (Å²) >= 11 is 3.53. The molecular weight excluding hydrogens is 444 g/mol. The SMILES string of the molecule is CC(C)CCCC(C)C1CCC2C3CC=C4CC(OCCBr)CCC4(C)C3CCC12C. The van der Waals surface area contributed by atoms with Crippen molar-refractivity contribution in [3.8, 4) is 0 Å². The average molecular weight is 494 g/mol. The van der Waals surface area contributed by atoms with E-state index in [9.17, 15) is 0 Å². The molecule has 178 valence electrons. The van der Waals surface area contributed by atoms with Gasteiger partial charge in [0.05, 0.1) is 12.7 Å². The molecule has 0 aromatic rings. The molecule has 0 amide bonds. The molecule has 8 unspecified atom stereocenters. The van der Waals surface area contributed by atoms with E-state index < -0.39 is 0 Å². The van der Waals surface area contributed by atoms with Crippen LogP contribution >= 0.6 is 15.9 Å². The van der Waals surface area contributed by atoms with Crippen molar-refractivity contribution in [2.24, 2.45) is 46.3 Å². The van der Waals surface area contributed by atoms with E-state index in [2.05, 4.69) is 56.6 Å². The summed E-state index contributed by atoms with van der Waals surface area (Å²) in [6, 6.07) is 0. The molecule has 0 heterocycles. The monoisotopic (exact) mass is 492 g/mol. The summed E-state index contributed by atoms with van der Waals surface area (Å²) < 4.78 is 6.15. The van der Waals surface area contributed by atoms with Crippen molar-refractivity contribution in [2.45, 2.75) is 111 Å². The van der Waals surface area contributed by atoms with E-state index in [4.69, 9.17) is 4.74 Å². The van der Waals surface area contributed by atoms with Crippen LogP contribution in [0.4, 0.5) is 0 Å². The Kier molecular flexibility index (Phi) is 7.69. The lowest BCUT2D eigenvalue weighted by atomic mass is 9.47. The predicted molar refractivity (Wildman–Crippen MR) is 137 cm³/mol. The van der Waals surface area contributed by atoms with E-state index in [0.717, 1.165) is 47.4 Å². The third-order valence-corrected chi connectivity index (χ3v) is 11.0. The minimum Gasteiger partial charge on any atom is -0.377 e. The number of fused-ring (bicyclic) bond motifs is 5. The Hall–Kier alpha value is 0.180. The number of rotatable bonds is 8. The molecule has 0 spiro atoms. The highest BCUT2D eigenvalue weighted by Crippen LogP contribution is 2.67. The lowest BCUT2D eigenvalue weighted by molar-refractivity contribution is -0.0628. The van der Waals surface area contributed by atoms with Crippen molar-refractivity contribution in [3.05, 3.63) is 11.6 Å². The van der Waals surface area contributed by atoms with Gasteiger partial charge in [0.1, 0.15) is 0 Å². The summed E-state index contributed by atoms with van der Waals surface area (Å²) in [6.45, 7) is 13.6. The number of ether oxygens (including phenoxy) is 1. The summed E-state index contributed by atoms with van der Waals surface area (Å²) in [4.78, 5) is 0. The second-order valence-corrected chi connectivity index (χ2v) is 13.5. The minimum atomic E-state index is 0.458. The molecule has 0 radical (unpaired) electrons. The molecule has 0 saturated heterocycles. The van der Waals surface area contributed by atoms with Gasteiger partial charge in [0.2, 0.25) is 0 Å². The van der Waals surface area contributed by atoms with Crippen LogP contribution in [0.1, 0.15) is 105 Å². The third-order valence-electron chi connectivity index (χ3n) is 10.7. The van der Waals surface area contributed by atoms with Gasteiger partial charge in [-0.2, -0.15) is 0 Å². The Morgan fingerprint density at radius 2 is 1.84 bits per heavy atom. The van der Waals surface area contributed by atoms with Crippen LogP contribution in [0.5, 0.6) is 0 Å². The Balaban J connectivity index is 1.45. The lowest BCUT2D eigenvalue weighted by Gasteiger charge is -2.58. The maximum Gasteiger partial charge on any atom is 0.0613 e. The first-order chi connectivity index (χ1) is 14.8. The third kappa shape index (κ3) is 4.60. The van der Waals surface area contributed by atoms with E-state index in [1.54, 1.807) is 5.57 Å². The van der Waals surface area contributed by atoms with Crippen LogP contribution in [0.2, 0.25) is 0 Å². The van der Waals surface area contributed by atoms with Crippen molar-refractivity contribution < 1.29 is 4.74 Å². The molecule has 4 aliphatic carbocycles. The van der Waals surface area contributed by atoms with Gasteiger partial charge in [-0.1, -0.05) is 81.5 Å². The molecular formula is C29H49BrO. The van der Waals surface area contributed by atoms with Gasteiger partial charge in [-0.3, -0.25) is 0 Å². The molecule has 3 fully saturated rings. The van der Waals surface area contributed by atoms with Crippen molar-refractivity contribution in [2.75, 3.05) is 11.9 Å². The van der Waals surface area contributed by atoms with Crippen LogP contribution in [0.3, 0.4) is 0 Å². The van der Waals surface area contributed by atoms with Gasteiger partial charge in [-0.25, -0.2) is 0 Å². The van der Waals surface area contributed by atoms with Crippen LogP contribution in [-0.2, 0) is 4.74 Å². The van der Waals surface area contributed by atoms with Crippen LogP contribution in [-0.4, -0.2) is 18.0 Å². The summed E-state index contributed by atoms with van der Waals surface area (Å²) in [7, 11) is 0. The Morgan fingerprint density at radius 1 is 1.03 bits per heavy atom. The maximum absolute atomic E-state index is 6.15. The van der Waals surface area contributed by atoms with Crippen LogP contribution in [0.15, 0.2) is 11.6 Å². The average Bonchev–Trinajstić information content (AvgIpc) is 3.09. The smallest absolute Gasteiger partial charge is 0.0613 e. The molecule has 0 aromatic carbocycles. The predicted octanol–water partition coefficient (Wildman–Crippen LogP) is 8.81. The Morgan fingerprint density at radius 3 is 2.58 bits per heavy atom. The van der Waals surface area contributed by atoms with Gasteiger partial charge in [0, 0.05) is 5.33 Å². The fourth-order valence-corrected chi connectivity index (χ4v) is 9.19. The van der Waals surface area contributed by atoms with E-state index in [0.29, 0.717) is 16.9 Å². The fourth-order valence-electron chi connectivity index (χ4n) is 9.01. The van der Waals surface area contributed by atoms with Crippen molar-refractivity contribution in [1.29, 1.82) is 0 Å². The van der Waals surface area contributed by atoms with E-state index in [1.807, 2.05) is 0 Å². The van der Waals surface area contributed by atoms with Crippen molar-refractivity contribution in [1.82, 2.24) is 0 Å². The first-order valence-corrected chi connectivity index (χ1v) is 14.8. The van der Waals surface area contributed by atoms with Crippen molar-refractivity contribution >= 4 is 15.9 Å². The standard InChI is InChI=1S/C29H49BrO/c1-20(2)7-6-8-21(3)25-11-12-26-24-10-9-22-19-23(31-18-17-30)13-15-28(22,4)27(24)14-16-29(25,26)5/h9,20-21,23-27H,6-8,10-19H2,1-5H3. The van der Waals surface area contributed by atoms with Crippen LogP contribution < -0.4 is 0 Å². The molecule has 4 aliphatic rings. The second-order valence-electron chi connectivity index (χ2n) is 12.7. The largest absolute Gasteiger partial charge is 0.377 e. The number of hydrogen-bond donors (Lipinski definition) is 0. The van der Waals surface area contributed by atoms with E-state index in [1.165, 1.54) is 70.6 Å². The Labute approximate surface area is 201 Å². The summed E-state index contributed by atoms with van der Waals surface area (Å²) in [5.74, 6) is 5.59. The molecule has 0 N–H and O–H groups in total. The number of hydrogen-bond acceptors (Lipinski definition) is 1. The van der Waals surface area contributed by atoms with Crippen LogP contribution in [0.25, 0.3) is 0 Å². The van der Waals surface area contributed by atoms with Gasteiger partial charge in [0.25, 0.3) is 0 Å². The molecule has 0 bridgehead atoms. The normalized spacial score (nSPS) is 43.2. The first-order valence-electron chi connectivity index (χ1n) is 13.7. The quantitative estimate of drug-likeness (QED) is 0.242. The zero-order valence-electron chi connectivity index (χ0n) is 21.1. The van der Waals surface area contributed by atoms with Gasteiger partial charge in [-0.15, -0.1) is 0 Å². The highest BCUT2D eigenvalue weighted by atomic mass is 79.9. The maximum atomic E-state index is 6.15. The molecule has 3 saturated carbocycles. The summed E-state index contributed by atoms with van der Waals surface area (Å²) in [6.07, 6.45) is 18.6. The van der Waals surface area contributed by atoms with E-state index in [-0.39, 0.29) is 0 Å². The number of allylic oxidation sites excluding steroid dienone is 1. The molecule has 8 atom stereocenters. The number of alkyl halides is 1. The van der Waals surface area contributed by atoms with Gasteiger partial charge in [0.15, 0.2) is 0 Å². The molecule has 0 aliphatic heterocycles. The van der Waals surface area contributed by atoms with E-state index >= 15 is 0 Å².